The molecule has 1 fully saturated rings. The molecule has 1 aliphatic carbocycles. The molecule has 0 amide bonds. The predicted molar refractivity (Wildman–Crippen MR) is 135 cm³/mol. The minimum absolute atomic E-state index is 0.104. The summed E-state index contributed by atoms with van der Waals surface area (Å²) in [6.45, 7) is 27.4. The molecule has 1 nitrogen and oxygen atoms in total. The first-order chi connectivity index (χ1) is 13.3. The van der Waals surface area contributed by atoms with Gasteiger partial charge in [0.05, 0.1) is 6.10 Å². The first-order valence-corrected chi connectivity index (χ1v) is 16.9. The lowest BCUT2D eigenvalue weighted by molar-refractivity contribution is 0.121. The Morgan fingerprint density at radius 3 is 2.21 bits per heavy atom. The smallest absolute Gasteiger partial charge is 0.192 e. The van der Waals surface area contributed by atoms with E-state index in [4.69, 9.17) is 4.43 Å². The zero-order valence-electron chi connectivity index (χ0n) is 20.1. The van der Waals surface area contributed by atoms with Gasteiger partial charge in [-0.2, -0.15) is 0 Å². The van der Waals surface area contributed by atoms with Crippen LogP contribution in [-0.4, -0.2) is 22.5 Å². The molecule has 0 bridgehead atoms. The van der Waals surface area contributed by atoms with E-state index in [1.54, 1.807) is 10.8 Å². The van der Waals surface area contributed by atoms with E-state index in [-0.39, 0.29) is 16.6 Å². The van der Waals surface area contributed by atoms with Crippen molar-refractivity contribution in [2.45, 2.75) is 84.3 Å². The van der Waals surface area contributed by atoms with Gasteiger partial charge >= 0.3 is 0 Å². The molecule has 1 aliphatic rings. The van der Waals surface area contributed by atoms with Gasteiger partial charge in [0.15, 0.2) is 8.32 Å². The fraction of sp³-hybridized carbons (Fsp3) is 0.538. The number of hydrogen-bond donors (Lipinski definition) is 0. The first kappa shape index (κ1) is 24.1. The largest absolute Gasteiger partial charge is 0.413 e. The number of allylic oxidation sites excluding steroid dienone is 2. The van der Waals surface area contributed by atoms with E-state index in [1.807, 2.05) is 0 Å². The molecule has 0 spiro atoms. The quantitative estimate of drug-likeness (QED) is 0.326. The zero-order chi connectivity index (χ0) is 22.1. The Bertz CT molecular complexity index is 768. The van der Waals surface area contributed by atoms with Gasteiger partial charge in [-0.25, -0.2) is 0 Å². The van der Waals surface area contributed by atoms with Crippen molar-refractivity contribution >= 4 is 21.6 Å². The summed E-state index contributed by atoms with van der Waals surface area (Å²) in [5.41, 5.74) is 1.46. The Morgan fingerprint density at radius 2 is 1.72 bits per heavy atom. The van der Waals surface area contributed by atoms with Crippen LogP contribution in [0.2, 0.25) is 31.2 Å². The average Bonchev–Trinajstić information content (AvgIpc) is 2.95. The molecule has 1 aromatic rings. The maximum atomic E-state index is 6.97. The Balaban J connectivity index is 2.56. The number of benzene rings is 1. The highest BCUT2D eigenvalue weighted by molar-refractivity contribution is 6.95. The SMILES string of the molecule is C=CC/C(=C1\CC[C@H](O[Si](C)(C)C(C)(C)C)[C@@]1(C)C=C)[Si](C)(C)c1ccccc1. The molecule has 1 saturated carbocycles. The van der Waals surface area contributed by atoms with Gasteiger partial charge < -0.3 is 4.43 Å². The van der Waals surface area contributed by atoms with Crippen LogP contribution in [-0.2, 0) is 4.43 Å². The molecule has 0 heterocycles. The van der Waals surface area contributed by atoms with Crippen molar-refractivity contribution in [3.05, 3.63) is 66.4 Å². The molecule has 0 unspecified atom stereocenters. The molecule has 1 aromatic carbocycles. The maximum absolute atomic E-state index is 6.97. The van der Waals surface area contributed by atoms with Crippen molar-refractivity contribution in [1.29, 1.82) is 0 Å². The molecular weight excluding hydrogens is 384 g/mol. The van der Waals surface area contributed by atoms with Crippen molar-refractivity contribution < 1.29 is 4.43 Å². The van der Waals surface area contributed by atoms with Crippen LogP contribution in [0.25, 0.3) is 0 Å². The maximum Gasteiger partial charge on any atom is 0.192 e. The fourth-order valence-corrected chi connectivity index (χ4v) is 9.02. The normalized spacial score (nSPS) is 25.0. The third kappa shape index (κ3) is 4.62. The fourth-order valence-electron chi connectivity index (χ4n) is 4.41. The van der Waals surface area contributed by atoms with E-state index < -0.39 is 16.4 Å². The van der Waals surface area contributed by atoms with Gasteiger partial charge in [-0.1, -0.05) is 92.3 Å². The highest BCUT2D eigenvalue weighted by atomic mass is 28.4. The Morgan fingerprint density at radius 1 is 1.14 bits per heavy atom. The van der Waals surface area contributed by atoms with E-state index in [0.29, 0.717) is 0 Å². The summed E-state index contributed by atoms with van der Waals surface area (Å²) in [6, 6.07) is 11.1. The van der Waals surface area contributed by atoms with Gasteiger partial charge in [0.2, 0.25) is 0 Å². The summed E-state index contributed by atoms with van der Waals surface area (Å²) in [6.07, 6.45) is 7.63. The van der Waals surface area contributed by atoms with Crippen molar-refractivity contribution in [3.8, 4) is 0 Å². The highest BCUT2D eigenvalue weighted by Gasteiger charge is 2.49. The summed E-state index contributed by atoms with van der Waals surface area (Å²) in [5.74, 6) is 0. The minimum Gasteiger partial charge on any atom is -0.413 e. The van der Waals surface area contributed by atoms with Crippen LogP contribution in [0.15, 0.2) is 66.4 Å². The number of hydrogen-bond acceptors (Lipinski definition) is 1. The van der Waals surface area contributed by atoms with Crippen LogP contribution >= 0.6 is 0 Å². The molecule has 0 N–H and O–H groups in total. The molecule has 0 radical (unpaired) electrons. The lowest BCUT2D eigenvalue weighted by atomic mass is 9.82. The van der Waals surface area contributed by atoms with E-state index in [9.17, 15) is 0 Å². The van der Waals surface area contributed by atoms with Crippen LogP contribution in [0, 0.1) is 5.41 Å². The first-order valence-electron chi connectivity index (χ1n) is 11.0. The molecule has 0 saturated heterocycles. The zero-order valence-corrected chi connectivity index (χ0v) is 22.1. The van der Waals surface area contributed by atoms with Crippen LogP contribution < -0.4 is 5.19 Å². The van der Waals surface area contributed by atoms with Crippen molar-refractivity contribution in [2.24, 2.45) is 5.41 Å². The van der Waals surface area contributed by atoms with E-state index in [1.165, 1.54) is 5.19 Å². The van der Waals surface area contributed by atoms with Crippen molar-refractivity contribution in [3.63, 3.8) is 0 Å². The molecule has 0 aliphatic heterocycles. The summed E-state index contributed by atoms with van der Waals surface area (Å²) < 4.78 is 6.97. The van der Waals surface area contributed by atoms with Crippen molar-refractivity contribution in [2.75, 3.05) is 0 Å². The van der Waals surface area contributed by atoms with Crippen molar-refractivity contribution in [1.82, 2.24) is 0 Å². The molecule has 2 rings (SSSR count). The Hall–Kier alpha value is -1.17. The summed E-state index contributed by atoms with van der Waals surface area (Å²) in [7, 11) is -3.66. The van der Waals surface area contributed by atoms with Gasteiger partial charge in [0.1, 0.15) is 8.07 Å². The monoisotopic (exact) mass is 426 g/mol. The van der Waals surface area contributed by atoms with E-state index in [2.05, 4.69) is 110 Å². The standard InChI is InChI=1S/C26H42OSi2/c1-11-16-23(28(7,8)21-17-14-13-15-18-21)22-19-20-24(26(22,6)12-2)27-29(9,10)25(3,4)5/h11-15,17-18,24H,1-2,16,19-20H2,3-10H3/b23-22-/t24-,26-/m0/s1. The second-order valence-corrected chi connectivity index (χ2v) is 20.0. The minimum atomic E-state index is -1.85. The molecule has 2 atom stereocenters. The van der Waals surface area contributed by atoms with Gasteiger partial charge in [0.25, 0.3) is 0 Å². The molecule has 160 valence electrons. The lowest BCUT2D eigenvalue weighted by Crippen LogP contribution is -2.48. The summed E-state index contributed by atoms with van der Waals surface area (Å²) in [4.78, 5) is 0. The lowest BCUT2D eigenvalue weighted by Gasteiger charge is -2.43. The summed E-state index contributed by atoms with van der Waals surface area (Å²) in [5, 5.41) is 3.32. The van der Waals surface area contributed by atoms with Gasteiger partial charge in [0, 0.05) is 5.41 Å². The van der Waals surface area contributed by atoms with Crippen LogP contribution in [0.4, 0.5) is 0 Å². The molecular formula is C26H42OSi2. The van der Waals surface area contributed by atoms with Crippen LogP contribution in [0.3, 0.4) is 0 Å². The average molecular weight is 427 g/mol. The van der Waals surface area contributed by atoms with Gasteiger partial charge in [-0.15, -0.1) is 13.2 Å². The van der Waals surface area contributed by atoms with E-state index in [0.717, 1.165) is 19.3 Å². The topological polar surface area (TPSA) is 9.23 Å². The van der Waals surface area contributed by atoms with Gasteiger partial charge in [-0.3, -0.25) is 0 Å². The second kappa shape index (κ2) is 8.52. The van der Waals surface area contributed by atoms with Crippen LogP contribution in [0.5, 0.6) is 0 Å². The third-order valence-electron chi connectivity index (χ3n) is 7.61. The van der Waals surface area contributed by atoms with Crippen LogP contribution in [0.1, 0.15) is 47.0 Å². The molecule has 29 heavy (non-hydrogen) atoms. The number of rotatable bonds is 7. The molecule has 0 aromatic heterocycles. The van der Waals surface area contributed by atoms with E-state index >= 15 is 0 Å². The second-order valence-electron chi connectivity index (χ2n) is 10.8. The van der Waals surface area contributed by atoms with Gasteiger partial charge in [-0.05, 0) is 44.3 Å². The Kier molecular flexibility index (Phi) is 7.09. The predicted octanol–water partition coefficient (Wildman–Crippen LogP) is 7.39. The molecule has 3 heteroatoms. The third-order valence-corrected chi connectivity index (χ3v) is 15.9. The Labute approximate surface area is 182 Å². The summed E-state index contributed by atoms with van der Waals surface area (Å²) >= 11 is 0. The highest BCUT2D eigenvalue weighted by Crippen LogP contribution is 2.51.